The lowest BCUT2D eigenvalue weighted by Crippen LogP contribution is -2.06. The maximum atomic E-state index is 4.54. The highest BCUT2D eigenvalue weighted by Crippen LogP contribution is 2.10. The van der Waals surface area contributed by atoms with E-state index in [0.717, 1.165) is 31.1 Å². The van der Waals surface area contributed by atoms with E-state index in [4.69, 9.17) is 0 Å². The molecular weight excluding hydrogens is 234 g/mol. The van der Waals surface area contributed by atoms with Crippen LogP contribution >= 0.6 is 0 Å². The first kappa shape index (κ1) is 15.8. The first-order valence-electron chi connectivity index (χ1n) is 7.81. The summed E-state index contributed by atoms with van der Waals surface area (Å²) in [6.07, 6.45) is 9.11. The Kier molecular flexibility index (Phi) is 8.86. The summed E-state index contributed by atoms with van der Waals surface area (Å²) in [5.41, 5.74) is 0. The van der Waals surface area contributed by atoms with Gasteiger partial charge in [-0.3, -0.25) is 0 Å². The van der Waals surface area contributed by atoms with Crippen LogP contribution in [0.3, 0.4) is 0 Å². The zero-order valence-corrected chi connectivity index (χ0v) is 12.5. The number of aromatic nitrogens is 1. The molecule has 0 atom stereocenters. The van der Waals surface area contributed by atoms with Crippen LogP contribution in [0.1, 0.15) is 58.8 Å². The summed E-state index contributed by atoms with van der Waals surface area (Å²) in [5.74, 6) is 1.95. The molecule has 3 nitrogen and oxygen atoms in total. The summed E-state index contributed by atoms with van der Waals surface area (Å²) in [7, 11) is 0. The van der Waals surface area contributed by atoms with Gasteiger partial charge in [0.2, 0.25) is 0 Å². The third-order valence-electron chi connectivity index (χ3n) is 3.14. The van der Waals surface area contributed by atoms with Crippen LogP contribution in [0.2, 0.25) is 0 Å². The van der Waals surface area contributed by atoms with Crippen LogP contribution in [0.4, 0.5) is 11.6 Å². The minimum absolute atomic E-state index is 0.967. The zero-order chi connectivity index (χ0) is 13.8. The molecule has 0 spiro atoms. The Morgan fingerprint density at radius 1 is 0.789 bits per heavy atom. The highest BCUT2D eigenvalue weighted by Gasteiger charge is 1.96. The fraction of sp³-hybridized carbons (Fsp3) is 0.688. The van der Waals surface area contributed by atoms with Crippen LogP contribution in [-0.4, -0.2) is 18.1 Å². The lowest BCUT2D eigenvalue weighted by atomic mass is 10.1. The van der Waals surface area contributed by atoms with Gasteiger partial charge in [-0.2, -0.15) is 0 Å². The van der Waals surface area contributed by atoms with Crippen molar-refractivity contribution in [2.24, 2.45) is 0 Å². The summed E-state index contributed by atoms with van der Waals surface area (Å²) in [6, 6.07) is 6.11. The van der Waals surface area contributed by atoms with Crippen LogP contribution in [0, 0.1) is 0 Å². The second kappa shape index (κ2) is 10.7. The molecule has 0 unspecified atom stereocenters. The van der Waals surface area contributed by atoms with Gasteiger partial charge in [0.15, 0.2) is 0 Å². The van der Waals surface area contributed by atoms with Crippen molar-refractivity contribution in [1.29, 1.82) is 0 Å². The molecule has 1 aromatic rings. The molecule has 0 aliphatic heterocycles. The molecule has 2 N–H and O–H groups in total. The standard InChI is InChI=1S/C16H29N3/c1-3-5-6-7-8-9-14-18-16-12-10-11-15(19-16)17-13-4-2/h10-12H,3-9,13-14H2,1-2H3,(H2,17,18,19). The molecule has 0 aromatic carbocycles. The van der Waals surface area contributed by atoms with Crippen LogP contribution in [-0.2, 0) is 0 Å². The summed E-state index contributed by atoms with van der Waals surface area (Å²) in [5, 5.41) is 6.71. The predicted octanol–water partition coefficient (Wildman–Crippen LogP) is 4.68. The largest absolute Gasteiger partial charge is 0.370 e. The smallest absolute Gasteiger partial charge is 0.128 e. The summed E-state index contributed by atoms with van der Waals surface area (Å²) in [6.45, 7) is 6.42. The number of nitrogens with one attached hydrogen (secondary N) is 2. The number of hydrogen-bond donors (Lipinski definition) is 2. The van der Waals surface area contributed by atoms with Gasteiger partial charge in [-0.25, -0.2) is 4.98 Å². The topological polar surface area (TPSA) is 37.0 Å². The van der Waals surface area contributed by atoms with Crippen molar-refractivity contribution < 1.29 is 0 Å². The van der Waals surface area contributed by atoms with Crippen LogP contribution in [0.5, 0.6) is 0 Å². The van der Waals surface area contributed by atoms with Crippen molar-refractivity contribution in [3.8, 4) is 0 Å². The number of rotatable bonds is 11. The van der Waals surface area contributed by atoms with Gasteiger partial charge >= 0.3 is 0 Å². The molecule has 1 aromatic heterocycles. The molecule has 0 saturated carbocycles. The molecule has 1 rings (SSSR count). The lowest BCUT2D eigenvalue weighted by molar-refractivity contribution is 0.617. The van der Waals surface area contributed by atoms with E-state index in [2.05, 4.69) is 35.5 Å². The fourth-order valence-electron chi connectivity index (χ4n) is 2.01. The van der Waals surface area contributed by atoms with Crippen molar-refractivity contribution in [3.05, 3.63) is 18.2 Å². The van der Waals surface area contributed by atoms with E-state index in [1.807, 2.05) is 12.1 Å². The van der Waals surface area contributed by atoms with E-state index in [1.165, 1.54) is 38.5 Å². The van der Waals surface area contributed by atoms with Gasteiger partial charge in [-0.15, -0.1) is 0 Å². The monoisotopic (exact) mass is 263 g/mol. The zero-order valence-electron chi connectivity index (χ0n) is 12.5. The first-order chi connectivity index (χ1) is 9.36. The summed E-state index contributed by atoms with van der Waals surface area (Å²) in [4.78, 5) is 4.54. The Hall–Kier alpha value is -1.25. The molecule has 0 saturated heterocycles. The Morgan fingerprint density at radius 2 is 1.42 bits per heavy atom. The maximum Gasteiger partial charge on any atom is 0.128 e. The fourth-order valence-corrected chi connectivity index (χ4v) is 2.01. The molecule has 0 fully saturated rings. The SMILES string of the molecule is CCCCCCCCNc1cccc(NCCC)n1. The first-order valence-corrected chi connectivity index (χ1v) is 7.81. The second-order valence-corrected chi connectivity index (χ2v) is 5.03. The highest BCUT2D eigenvalue weighted by molar-refractivity contribution is 5.44. The summed E-state index contributed by atoms with van der Waals surface area (Å²) >= 11 is 0. The van der Waals surface area contributed by atoms with Crippen molar-refractivity contribution in [3.63, 3.8) is 0 Å². The van der Waals surface area contributed by atoms with E-state index in [1.54, 1.807) is 0 Å². The van der Waals surface area contributed by atoms with Gasteiger partial charge in [0.1, 0.15) is 11.6 Å². The second-order valence-electron chi connectivity index (χ2n) is 5.03. The molecule has 0 bridgehead atoms. The predicted molar refractivity (Wildman–Crippen MR) is 84.9 cm³/mol. The Morgan fingerprint density at radius 3 is 2.11 bits per heavy atom. The van der Waals surface area contributed by atoms with Crippen molar-refractivity contribution in [2.75, 3.05) is 23.7 Å². The Balaban J connectivity index is 2.14. The minimum atomic E-state index is 0.967. The molecule has 0 aliphatic rings. The van der Waals surface area contributed by atoms with Crippen molar-refractivity contribution in [2.45, 2.75) is 58.8 Å². The van der Waals surface area contributed by atoms with Gasteiger partial charge in [0.05, 0.1) is 0 Å². The average molecular weight is 263 g/mol. The van der Waals surface area contributed by atoms with Gasteiger partial charge < -0.3 is 10.6 Å². The molecule has 0 aliphatic carbocycles. The van der Waals surface area contributed by atoms with Gasteiger partial charge in [0, 0.05) is 13.1 Å². The number of pyridine rings is 1. The molecule has 0 radical (unpaired) electrons. The van der Waals surface area contributed by atoms with Gasteiger partial charge in [0.25, 0.3) is 0 Å². The quantitative estimate of drug-likeness (QED) is 0.569. The van der Waals surface area contributed by atoms with E-state index < -0.39 is 0 Å². The maximum absolute atomic E-state index is 4.54. The van der Waals surface area contributed by atoms with E-state index in [-0.39, 0.29) is 0 Å². The van der Waals surface area contributed by atoms with E-state index >= 15 is 0 Å². The molecule has 19 heavy (non-hydrogen) atoms. The minimum Gasteiger partial charge on any atom is -0.370 e. The number of anilines is 2. The van der Waals surface area contributed by atoms with Gasteiger partial charge in [-0.05, 0) is 25.0 Å². The molecule has 108 valence electrons. The Labute approximate surface area is 118 Å². The Bertz CT molecular complexity index is 326. The van der Waals surface area contributed by atoms with Crippen LogP contribution in [0.15, 0.2) is 18.2 Å². The molecule has 0 amide bonds. The van der Waals surface area contributed by atoms with Crippen molar-refractivity contribution in [1.82, 2.24) is 4.98 Å². The average Bonchev–Trinajstić information content (AvgIpc) is 2.44. The third-order valence-corrected chi connectivity index (χ3v) is 3.14. The number of hydrogen-bond acceptors (Lipinski definition) is 3. The van der Waals surface area contributed by atoms with Crippen LogP contribution in [0.25, 0.3) is 0 Å². The normalized spacial score (nSPS) is 10.4. The molecular formula is C16H29N3. The van der Waals surface area contributed by atoms with Crippen molar-refractivity contribution >= 4 is 11.6 Å². The lowest BCUT2D eigenvalue weighted by Gasteiger charge is -2.08. The van der Waals surface area contributed by atoms with E-state index in [9.17, 15) is 0 Å². The van der Waals surface area contributed by atoms with Gasteiger partial charge in [-0.1, -0.05) is 52.0 Å². The molecule has 1 heterocycles. The number of unbranched alkanes of at least 4 members (excludes halogenated alkanes) is 5. The van der Waals surface area contributed by atoms with Crippen LogP contribution < -0.4 is 10.6 Å². The number of nitrogens with zero attached hydrogens (tertiary/aromatic N) is 1. The summed E-state index contributed by atoms with van der Waals surface area (Å²) < 4.78 is 0. The van der Waals surface area contributed by atoms with E-state index in [0.29, 0.717) is 0 Å². The molecule has 3 heteroatoms. The third kappa shape index (κ3) is 7.70. The highest BCUT2D eigenvalue weighted by atomic mass is 15.1.